The number of alkyl carbamates (subject to hydrolysis) is 1. The quantitative estimate of drug-likeness (QED) is 0.337. The van der Waals surface area contributed by atoms with Gasteiger partial charge in [0.1, 0.15) is 16.1 Å². The number of carbonyl (C=O) groups is 1. The van der Waals surface area contributed by atoms with Crippen molar-refractivity contribution in [2.24, 2.45) is 0 Å². The highest BCUT2D eigenvalue weighted by atomic mass is 32.1. The maximum absolute atomic E-state index is 14.4. The van der Waals surface area contributed by atoms with Crippen molar-refractivity contribution in [3.05, 3.63) is 63.3 Å². The number of halogens is 1. The molecule has 0 aliphatic rings. The number of amides is 1. The number of alkyl halides is 1. The molecule has 0 radical (unpaired) electrons. The predicted molar refractivity (Wildman–Crippen MR) is 135 cm³/mol. The summed E-state index contributed by atoms with van der Waals surface area (Å²) >= 11 is 1.40. The van der Waals surface area contributed by atoms with E-state index < -0.39 is 18.0 Å². The number of thiophene rings is 1. The normalized spacial score (nSPS) is 12.6. The van der Waals surface area contributed by atoms with Crippen LogP contribution in [0.2, 0.25) is 0 Å². The van der Waals surface area contributed by atoms with Gasteiger partial charge in [-0.3, -0.25) is 10.1 Å². The number of H-pyrrole nitrogens is 1. The summed E-state index contributed by atoms with van der Waals surface area (Å²) in [5, 5.41) is 5.91. The lowest BCUT2D eigenvalue weighted by atomic mass is 9.94. The molecule has 4 aromatic rings. The second-order valence-electron chi connectivity index (χ2n) is 9.15. The number of methoxy groups -OCH3 is 1. The van der Waals surface area contributed by atoms with Gasteiger partial charge in [-0.05, 0) is 61.9 Å². The standard InChI is InChI=1S/C26H27FN2O4S/c1-14-12-18(32-5)20(21-17-10-11-34-23(17)24(30)29-22(14)21)16-8-6-15(7-9-16)13-19(27)28-25(31)33-26(2,3)4/h6-12,19H,13H2,1-5H3,(H,28,31)(H,29,30). The van der Waals surface area contributed by atoms with E-state index in [1.807, 2.05) is 48.7 Å². The molecule has 2 heterocycles. The van der Waals surface area contributed by atoms with Gasteiger partial charge in [0, 0.05) is 22.8 Å². The highest BCUT2D eigenvalue weighted by molar-refractivity contribution is 7.17. The summed E-state index contributed by atoms with van der Waals surface area (Å²) in [6, 6.07) is 11.3. The van der Waals surface area contributed by atoms with Crippen LogP contribution < -0.4 is 15.6 Å². The first-order valence-corrected chi connectivity index (χ1v) is 11.8. The molecule has 0 bridgehead atoms. The molecule has 2 N–H and O–H groups in total. The lowest BCUT2D eigenvalue weighted by Gasteiger charge is -2.21. The Morgan fingerprint density at radius 3 is 2.56 bits per heavy atom. The van der Waals surface area contributed by atoms with E-state index in [2.05, 4.69) is 10.3 Å². The minimum Gasteiger partial charge on any atom is -0.496 e. The molecule has 8 heteroatoms. The third-order valence-corrected chi connectivity index (χ3v) is 6.33. The van der Waals surface area contributed by atoms with Gasteiger partial charge in [-0.25, -0.2) is 9.18 Å². The zero-order valence-corrected chi connectivity index (χ0v) is 20.6. The van der Waals surface area contributed by atoms with E-state index in [4.69, 9.17) is 9.47 Å². The second-order valence-corrected chi connectivity index (χ2v) is 10.1. The number of aromatic amines is 1. The molecular weight excluding hydrogens is 455 g/mol. The van der Waals surface area contributed by atoms with Crippen LogP contribution in [0, 0.1) is 6.92 Å². The molecule has 0 saturated carbocycles. The van der Waals surface area contributed by atoms with Gasteiger partial charge < -0.3 is 14.5 Å². The Morgan fingerprint density at radius 1 is 1.21 bits per heavy atom. The van der Waals surface area contributed by atoms with Gasteiger partial charge in [0.2, 0.25) is 0 Å². The van der Waals surface area contributed by atoms with Crippen LogP contribution >= 0.6 is 11.3 Å². The molecule has 0 aliphatic heterocycles. The molecule has 2 aromatic carbocycles. The molecule has 0 saturated heterocycles. The van der Waals surface area contributed by atoms with Crippen molar-refractivity contribution in [3.63, 3.8) is 0 Å². The Kier molecular flexibility index (Phi) is 6.36. The molecule has 1 unspecified atom stereocenters. The van der Waals surface area contributed by atoms with Crippen LogP contribution in [0.3, 0.4) is 0 Å². The van der Waals surface area contributed by atoms with Crippen molar-refractivity contribution < 1.29 is 18.7 Å². The molecule has 4 rings (SSSR count). The van der Waals surface area contributed by atoms with Crippen molar-refractivity contribution in [2.45, 2.75) is 46.0 Å². The topological polar surface area (TPSA) is 80.4 Å². The van der Waals surface area contributed by atoms with Crippen LogP contribution in [-0.4, -0.2) is 30.1 Å². The smallest absolute Gasteiger partial charge is 0.409 e. The Hall–Kier alpha value is -3.39. The Morgan fingerprint density at radius 2 is 1.91 bits per heavy atom. The van der Waals surface area contributed by atoms with Crippen LogP contribution in [0.5, 0.6) is 5.75 Å². The van der Waals surface area contributed by atoms with Crippen LogP contribution in [-0.2, 0) is 11.2 Å². The second kappa shape index (κ2) is 9.10. The van der Waals surface area contributed by atoms with Gasteiger partial charge in [-0.15, -0.1) is 11.3 Å². The van der Waals surface area contributed by atoms with Crippen molar-refractivity contribution in [1.82, 2.24) is 10.3 Å². The SMILES string of the molecule is COc1cc(C)c2[nH]c(=O)c3sccc3c2c1-c1ccc(CC(F)NC(=O)OC(C)(C)C)cc1. The average Bonchev–Trinajstić information content (AvgIpc) is 3.24. The maximum Gasteiger partial charge on any atom is 0.409 e. The first-order chi connectivity index (χ1) is 16.1. The molecule has 1 amide bonds. The average molecular weight is 483 g/mol. The fraction of sp³-hybridized carbons (Fsp3) is 0.308. The Labute approximate surface area is 200 Å². The number of pyridine rings is 1. The number of fused-ring (bicyclic) bond motifs is 3. The fourth-order valence-corrected chi connectivity index (χ4v) is 4.81. The summed E-state index contributed by atoms with van der Waals surface area (Å²) in [6.45, 7) is 7.11. The number of rotatable bonds is 5. The van der Waals surface area contributed by atoms with E-state index in [9.17, 15) is 14.0 Å². The third kappa shape index (κ3) is 4.77. The molecule has 6 nitrogen and oxygen atoms in total. The minimum absolute atomic E-state index is 0.00734. The monoisotopic (exact) mass is 482 g/mol. The van der Waals surface area contributed by atoms with Crippen molar-refractivity contribution >= 4 is 38.4 Å². The number of aryl methyl sites for hydroxylation is 1. The van der Waals surface area contributed by atoms with E-state index >= 15 is 0 Å². The summed E-state index contributed by atoms with van der Waals surface area (Å²) in [6.07, 6.45) is -2.36. The van der Waals surface area contributed by atoms with Crippen LogP contribution in [0.1, 0.15) is 31.9 Å². The molecular formula is C26H27FN2O4S. The lowest BCUT2D eigenvalue weighted by molar-refractivity contribution is 0.0453. The Bertz CT molecular complexity index is 1420. The van der Waals surface area contributed by atoms with E-state index in [1.165, 1.54) is 11.3 Å². The molecule has 0 aliphatic carbocycles. The highest BCUT2D eigenvalue weighted by Gasteiger charge is 2.20. The number of carbonyl (C=O) groups excluding carboxylic acids is 1. The number of aromatic nitrogens is 1. The van der Waals surface area contributed by atoms with Gasteiger partial charge in [0.15, 0.2) is 6.30 Å². The fourth-order valence-electron chi connectivity index (χ4n) is 4.02. The van der Waals surface area contributed by atoms with Crippen LogP contribution in [0.15, 0.2) is 46.6 Å². The molecule has 2 aromatic heterocycles. The third-order valence-electron chi connectivity index (χ3n) is 5.42. The maximum atomic E-state index is 14.4. The van der Waals surface area contributed by atoms with Gasteiger partial charge in [0.05, 0.1) is 12.6 Å². The van der Waals surface area contributed by atoms with Gasteiger partial charge in [-0.1, -0.05) is 24.3 Å². The van der Waals surface area contributed by atoms with Gasteiger partial charge in [0.25, 0.3) is 5.56 Å². The number of hydrogen-bond acceptors (Lipinski definition) is 5. The molecule has 178 valence electrons. The lowest BCUT2D eigenvalue weighted by Crippen LogP contribution is -2.37. The number of benzene rings is 2. The van der Waals surface area contributed by atoms with Crippen molar-refractivity contribution in [2.75, 3.05) is 7.11 Å². The largest absolute Gasteiger partial charge is 0.496 e. The van der Waals surface area contributed by atoms with E-state index in [1.54, 1.807) is 27.9 Å². The van der Waals surface area contributed by atoms with Crippen molar-refractivity contribution in [1.29, 1.82) is 0 Å². The Balaban J connectivity index is 1.69. The van der Waals surface area contributed by atoms with E-state index in [0.717, 1.165) is 38.5 Å². The summed E-state index contributed by atoms with van der Waals surface area (Å²) in [7, 11) is 1.62. The molecule has 0 fully saturated rings. The van der Waals surface area contributed by atoms with Crippen molar-refractivity contribution in [3.8, 4) is 16.9 Å². The van der Waals surface area contributed by atoms with Gasteiger partial charge in [-0.2, -0.15) is 0 Å². The summed E-state index contributed by atoms with van der Waals surface area (Å²) in [5.41, 5.74) is 3.32. The summed E-state index contributed by atoms with van der Waals surface area (Å²) in [4.78, 5) is 27.4. The van der Waals surface area contributed by atoms with E-state index in [0.29, 0.717) is 10.4 Å². The molecule has 34 heavy (non-hydrogen) atoms. The van der Waals surface area contributed by atoms with Gasteiger partial charge >= 0.3 is 6.09 Å². The molecule has 0 spiro atoms. The number of hydrogen-bond donors (Lipinski definition) is 2. The number of ether oxygens (including phenoxy) is 2. The molecule has 1 atom stereocenters. The minimum atomic E-state index is -1.58. The first kappa shape index (κ1) is 23.8. The zero-order valence-electron chi connectivity index (χ0n) is 19.7. The zero-order chi connectivity index (χ0) is 24.6. The van der Waals surface area contributed by atoms with Crippen LogP contribution in [0.4, 0.5) is 9.18 Å². The number of nitrogens with one attached hydrogen (secondary N) is 2. The highest BCUT2D eigenvalue weighted by Crippen LogP contribution is 2.41. The predicted octanol–water partition coefficient (Wildman–Crippen LogP) is 6.09. The van der Waals surface area contributed by atoms with Crippen LogP contribution in [0.25, 0.3) is 32.1 Å². The summed E-state index contributed by atoms with van der Waals surface area (Å²) < 4.78 is 25.9. The van der Waals surface area contributed by atoms with E-state index in [-0.39, 0.29) is 12.0 Å². The summed E-state index contributed by atoms with van der Waals surface area (Å²) in [5.74, 6) is 0.687. The first-order valence-electron chi connectivity index (χ1n) is 10.9.